The monoisotopic (exact) mass is 1570 g/mol. The molecule has 0 saturated heterocycles. The standard InChI is InChI=1S/4C22H20N2O5/c4*1-3-12-13-7-11(25)5-6-17(13)23-19-14(12)9-24-18(19)8-16-15(20(24)26)10-29-21(27)22(16,28)4-2/h4*5-8,25,28H,3-4,9-10H2,1-2H3/t4*22-/m0000/s1. The normalized spacial score (nSPS) is 19.6. The molecule has 8 aliphatic heterocycles. The number of aromatic nitrogens is 8. The summed E-state index contributed by atoms with van der Waals surface area (Å²) in [6, 6.07) is 27.0. The highest BCUT2D eigenvalue weighted by molar-refractivity contribution is 5.95. The largest absolute Gasteiger partial charge is 0.508 e. The molecule has 16 heterocycles. The number of pyridine rings is 8. The number of aryl methyl sites for hydroxylation is 4. The van der Waals surface area contributed by atoms with E-state index in [1.54, 1.807) is 143 Å². The molecule has 592 valence electrons. The van der Waals surface area contributed by atoms with E-state index in [9.17, 15) is 79.2 Å². The van der Waals surface area contributed by atoms with E-state index in [1.807, 2.05) is 27.7 Å². The molecule has 0 spiro atoms. The van der Waals surface area contributed by atoms with Crippen molar-refractivity contribution in [3.63, 3.8) is 0 Å². The van der Waals surface area contributed by atoms with Crippen LogP contribution in [0.3, 0.4) is 0 Å². The third-order valence-electron chi connectivity index (χ3n) is 24.6. The fourth-order valence-electron chi connectivity index (χ4n) is 18.2. The molecule has 20 rings (SSSR count). The Balaban J connectivity index is 0.000000111. The average molecular weight is 1570 g/mol. The van der Waals surface area contributed by atoms with Crippen LogP contribution in [0.25, 0.3) is 89.2 Å². The molecular weight excluding hydrogens is 1490 g/mol. The predicted molar refractivity (Wildman–Crippen MR) is 422 cm³/mol. The first-order valence-electron chi connectivity index (χ1n) is 38.8. The van der Waals surface area contributed by atoms with Gasteiger partial charge in [0.15, 0.2) is 22.4 Å². The zero-order valence-corrected chi connectivity index (χ0v) is 64.6. The van der Waals surface area contributed by atoms with E-state index in [2.05, 4.69) is 0 Å². The lowest BCUT2D eigenvalue weighted by atomic mass is 9.86. The third-order valence-corrected chi connectivity index (χ3v) is 24.6. The quantitative estimate of drug-likeness (QED) is 0.0518. The van der Waals surface area contributed by atoms with Crippen LogP contribution in [0.2, 0.25) is 0 Å². The Morgan fingerprint density at radius 2 is 0.500 bits per heavy atom. The number of hydrogen-bond donors (Lipinski definition) is 8. The molecule has 8 N–H and O–H groups in total. The average Bonchev–Trinajstić information content (AvgIpc) is 1.56. The van der Waals surface area contributed by atoms with E-state index in [0.717, 1.165) is 88.1 Å². The molecule has 4 aromatic carbocycles. The summed E-state index contributed by atoms with van der Waals surface area (Å²) in [5.74, 6) is -2.25. The lowest BCUT2D eigenvalue weighted by Crippen LogP contribution is -2.44. The van der Waals surface area contributed by atoms with Gasteiger partial charge in [-0.25, -0.2) is 39.1 Å². The Labute approximate surface area is 659 Å². The van der Waals surface area contributed by atoms with Crippen molar-refractivity contribution in [1.29, 1.82) is 0 Å². The van der Waals surface area contributed by atoms with E-state index in [4.69, 9.17) is 38.9 Å². The molecule has 0 radical (unpaired) electrons. The van der Waals surface area contributed by atoms with Crippen molar-refractivity contribution >= 4 is 67.5 Å². The number of phenols is 4. The molecule has 8 aromatic heterocycles. The number of fused-ring (bicyclic) bond motifs is 20. The van der Waals surface area contributed by atoms with E-state index in [0.29, 0.717) is 142 Å². The highest BCUT2D eigenvalue weighted by atomic mass is 16.6. The van der Waals surface area contributed by atoms with Gasteiger partial charge in [-0.2, -0.15) is 0 Å². The number of phenolic OH excluding ortho intramolecular Hbond substituents is 4. The zero-order chi connectivity index (χ0) is 82.0. The van der Waals surface area contributed by atoms with Crippen molar-refractivity contribution in [2.24, 2.45) is 0 Å². The molecule has 12 aromatic rings. The molecule has 4 atom stereocenters. The molecule has 0 aliphatic carbocycles. The number of benzene rings is 4. The van der Waals surface area contributed by atoms with Crippen LogP contribution in [0.4, 0.5) is 0 Å². The molecule has 0 unspecified atom stereocenters. The molecule has 28 heteroatoms. The maximum absolute atomic E-state index is 13.2. The predicted octanol–water partition coefficient (Wildman–Crippen LogP) is 9.39. The van der Waals surface area contributed by atoms with Gasteiger partial charge in [-0.3, -0.25) is 19.2 Å². The van der Waals surface area contributed by atoms with Crippen molar-refractivity contribution in [3.8, 4) is 68.5 Å². The summed E-state index contributed by atoms with van der Waals surface area (Å²) >= 11 is 0. The van der Waals surface area contributed by atoms with Gasteiger partial charge in [0.25, 0.3) is 22.2 Å². The molecule has 116 heavy (non-hydrogen) atoms. The van der Waals surface area contributed by atoms with Gasteiger partial charge < -0.3 is 78.1 Å². The lowest BCUT2D eigenvalue weighted by Gasteiger charge is -2.31. The fraction of sp³-hybridized carbons (Fsp3) is 0.318. The topological polar surface area (TPSA) is 407 Å². The second kappa shape index (κ2) is 27.5. The Bertz CT molecular complexity index is 5900. The van der Waals surface area contributed by atoms with Gasteiger partial charge in [-0.05, 0) is 171 Å². The summed E-state index contributed by atoms with van der Waals surface area (Å²) in [5.41, 5.74) is 9.87. The summed E-state index contributed by atoms with van der Waals surface area (Å²) in [5, 5.41) is 86.8. The van der Waals surface area contributed by atoms with Crippen LogP contribution in [-0.4, -0.2) is 103 Å². The summed E-state index contributed by atoms with van der Waals surface area (Å²) in [6.45, 7) is 15.7. The number of aromatic hydroxyl groups is 4. The number of cyclic esters (lactones) is 4. The van der Waals surface area contributed by atoms with Crippen LogP contribution in [-0.2, 0) is 139 Å². The number of carbonyl (C=O) groups excluding carboxylic acids is 4. The first kappa shape index (κ1) is 75.9. The molecule has 0 saturated carbocycles. The molecule has 0 bridgehead atoms. The van der Waals surface area contributed by atoms with Gasteiger partial charge in [0, 0.05) is 66.1 Å². The van der Waals surface area contributed by atoms with E-state index >= 15 is 0 Å². The lowest BCUT2D eigenvalue weighted by molar-refractivity contribution is -0.172. The molecular formula is C88H80N8O20. The van der Waals surface area contributed by atoms with Crippen molar-refractivity contribution in [2.75, 3.05) is 0 Å². The van der Waals surface area contributed by atoms with E-state index in [1.165, 1.54) is 0 Å². The van der Waals surface area contributed by atoms with Crippen molar-refractivity contribution in [3.05, 3.63) is 227 Å². The second-order valence-corrected chi connectivity index (χ2v) is 30.3. The Morgan fingerprint density at radius 1 is 0.302 bits per heavy atom. The van der Waals surface area contributed by atoms with Crippen LogP contribution >= 0.6 is 0 Å². The van der Waals surface area contributed by atoms with Crippen LogP contribution < -0.4 is 22.2 Å². The summed E-state index contributed by atoms with van der Waals surface area (Å²) in [6.07, 6.45) is 3.31. The Kier molecular flexibility index (Phi) is 18.0. The highest BCUT2D eigenvalue weighted by Gasteiger charge is 2.50. The molecule has 0 fully saturated rings. The minimum Gasteiger partial charge on any atom is -0.508 e. The summed E-state index contributed by atoms with van der Waals surface area (Å²) < 4.78 is 26.9. The van der Waals surface area contributed by atoms with Crippen LogP contribution in [0.5, 0.6) is 23.0 Å². The van der Waals surface area contributed by atoms with E-state index in [-0.39, 0.29) is 97.3 Å². The Hall–Kier alpha value is -12.8. The fourth-order valence-corrected chi connectivity index (χ4v) is 18.2. The minimum atomic E-state index is -1.83. The van der Waals surface area contributed by atoms with Crippen molar-refractivity contribution in [2.45, 2.75) is 182 Å². The third kappa shape index (κ3) is 11.1. The first-order valence-corrected chi connectivity index (χ1v) is 38.8. The van der Waals surface area contributed by atoms with Gasteiger partial charge in [0.2, 0.25) is 0 Å². The van der Waals surface area contributed by atoms with Crippen LogP contribution in [0, 0.1) is 0 Å². The molecule has 0 amide bonds. The SMILES string of the molecule is CCc1c2c(nc3ccc(O)cc13)-c1cc3c(c(=O)n1C2)COC(=O)[C@]3(O)CC.CCc1c2c(nc3ccc(O)cc13)-c1cc3c(c(=O)n1C2)COC(=O)[C@]3(O)CC.CCc1c2c(nc3ccc(O)cc13)-c1cc3c(c(=O)n1C2)COC(=O)[C@]3(O)CC.CCc1c2c(nc3ccc(O)cc13)-c1cc3c(c(=O)n1C2)COC(=O)[C@]3(O)CC. The van der Waals surface area contributed by atoms with Gasteiger partial charge >= 0.3 is 23.9 Å². The number of aliphatic hydroxyl groups is 4. The summed E-state index contributed by atoms with van der Waals surface area (Å²) in [4.78, 5) is 121. The zero-order valence-electron chi connectivity index (χ0n) is 64.6. The Morgan fingerprint density at radius 3 is 0.681 bits per heavy atom. The number of ether oxygens (including phenoxy) is 4. The van der Waals surface area contributed by atoms with Crippen molar-refractivity contribution < 1.29 is 79.0 Å². The van der Waals surface area contributed by atoms with Gasteiger partial charge in [0.05, 0.1) is 116 Å². The molecule has 8 aliphatic rings. The maximum atomic E-state index is 13.2. The van der Waals surface area contributed by atoms with Gasteiger partial charge in [0.1, 0.15) is 49.4 Å². The first-order chi connectivity index (χ1) is 55.5. The van der Waals surface area contributed by atoms with Crippen LogP contribution in [0.1, 0.15) is 170 Å². The van der Waals surface area contributed by atoms with Crippen molar-refractivity contribution in [1.82, 2.24) is 38.2 Å². The smallest absolute Gasteiger partial charge is 0.343 e. The second-order valence-electron chi connectivity index (χ2n) is 30.3. The van der Waals surface area contributed by atoms with E-state index < -0.39 is 46.3 Å². The highest BCUT2D eigenvalue weighted by Crippen LogP contribution is 2.47. The summed E-state index contributed by atoms with van der Waals surface area (Å²) in [7, 11) is 0. The number of nitrogens with zero attached hydrogens (tertiary/aromatic N) is 8. The van der Waals surface area contributed by atoms with Gasteiger partial charge in [-0.1, -0.05) is 55.4 Å². The van der Waals surface area contributed by atoms with Gasteiger partial charge in [-0.15, -0.1) is 0 Å². The number of carbonyl (C=O) groups is 4. The number of esters is 4. The number of hydrogen-bond acceptors (Lipinski definition) is 24. The molecule has 28 nitrogen and oxygen atoms in total. The minimum absolute atomic E-state index is 0.110. The maximum Gasteiger partial charge on any atom is 0.343 e. The number of rotatable bonds is 8. The van der Waals surface area contributed by atoms with Crippen LogP contribution in [0.15, 0.2) is 116 Å².